The molecule has 0 aliphatic carbocycles. The van der Waals surface area contributed by atoms with Crippen molar-refractivity contribution in [3.05, 3.63) is 28.8 Å². The molecule has 1 aromatic carbocycles. The molecular weight excluding hydrogens is 218 g/mol. The molecule has 0 aliphatic heterocycles. The highest BCUT2D eigenvalue weighted by molar-refractivity contribution is 5.74. The van der Waals surface area contributed by atoms with Gasteiger partial charge in [0.2, 0.25) is 0 Å². The number of hydrogen-bond donors (Lipinski definition) is 0. The second kappa shape index (κ2) is 5.90. The average molecular weight is 233 g/mol. The molecule has 0 spiro atoms. The number of ether oxygens (including phenoxy) is 2. The van der Waals surface area contributed by atoms with E-state index in [4.69, 9.17) is 14.7 Å². The molecule has 1 aromatic rings. The van der Waals surface area contributed by atoms with E-state index in [1.165, 1.54) is 0 Å². The normalized spacial score (nSPS) is 9.53. The van der Waals surface area contributed by atoms with Crippen LogP contribution in [0, 0.1) is 18.3 Å². The zero-order chi connectivity index (χ0) is 12.8. The van der Waals surface area contributed by atoms with E-state index in [-0.39, 0.29) is 12.4 Å². The van der Waals surface area contributed by atoms with Crippen molar-refractivity contribution >= 4 is 5.97 Å². The van der Waals surface area contributed by atoms with Crippen molar-refractivity contribution in [3.63, 3.8) is 0 Å². The van der Waals surface area contributed by atoms with Crippen molar-refractivity contribution in [3.8, 4) is 11.8 Å². The van der Waals surface area contributed by atoms with Crippen LogP contribution in [-0.2, 0) is 16.0 Å². The molecule has 0 unspecified atom stereocenters. The van der Waals surface area contributed by atoms with Gasteiger partial charge in [-0.2, -0.15) is 5.26 Å². The Morgan fingerprint density at radius 1 is 1.47 bits per heavy atom. The van der Waals surface area contributed by atoms with Crippen molar-refractivity contribution in [2.45, 2.75) is 20.3 Å². The zero-order valence-corrected chi connectivity index (χ0v) is 10.2. The minimum Gasteiger partial charge on any atom is -0.496 e. The van der Waals surface area contributed by atoms with Crippen LogP contribution in [-0.4, -0.2) is 19.7 Å². The van der Waals surface area contributed by atoms with Crippen molar-refractivity contribution in [2.75, 3.05) is 13.7 Å². The fourth-order valence-corrected chi connectivity index (χ4v) is 1.57. The first-order chi connectivity index (χ1) is 8.12. The van der Waals surface area contributed by atoms with E-state index in [9.17, 15) is 4.79 Å². The molecule has 0 radical (unpaired) electrons. The van der Waals surface area contributed by atoms with Crippen molar-refractivity contribution < 1.29 is 14.3 Å². The van der Waals surface area contributed by atoms with Crippen LogP contribution in [0.1, 0.15) is 23.6 Å². The first-order valence-corrected chi connectivity index (χ1v) is 5.35. The van der Waals surface area contributed by atoms with Gasteiger partial charge >= 0.3 is 5.97 Å². The Morgan fingerprint density at radius 3 is 2.71 bits per heavy atom. The molecule has 0 atom stereocenters. The third kappa shape index (κ3) is 3.22. The molecule has 0 aliphatic rings. The molecule has 0 N–H and O–H groups in total. The highest BCUT2D eigenvalue weighted by atomic mass is 16.5. The Bertz CT molecular complexity index is 460. The lowest BCUT2D eigenvalue weighted by atomic mass is 10.0. The number of aryl methyl sites for hydroxylation is 1. The molecule has 1 rings (SSSR count). The Kier molecular flexibility index (Phi) is 4.53. The molecule has 0 saturated heterocycles. The first-order valence-electron chi connectivity index (χ1n) is 5.35. The van der Waals surface area contributed by atoms with Gasteiger partial charge in [0.05, 0.1) is 31.8 Å². The van der Waals surface area contributed by atoms with E-state index in [1.807, 2.05) is 6.92 Å². The Morgan fingerprint density at radius 2 is 2.18 bits per heavy atom. The molecule has 0 fully saturated rings. The van der Waals surface area contributed by atoms with E-state index in [2.05, 4.69) is 6.07 Å². The van der Waals surface area contributed by atoms with Gasteiger partial charge in [0.15, 0.2) is 0 Å². The molecule has 0 amide bonds. The summed E-state index contributed by atoms with van der Waals surface area (Å²) in [6.07, 6.45) is 0.0906. The third-order valence-corrected chi connectivity index (χ3v) is 2.38. The molecular formula is C13H15NO3. The SMILES string of the molecule is CCOC(=O)Cc1cc(OC)c(C)cc1C#N. The summed E-state index contributed by atoms with van der Waals surface area (Å²) < 4.78 is 10.0. The minimum absolute atomic E-state index is 0.0906. The summed E-state index contributed by atoms with van der Waals surface area (Å²) >= 11 is 0. The molecule has 0 bridgehead atoms. The number of carbonyl (C=O) groups excluding carboxylic acids is 1. The van der Waals surface area contributed by atoms with E-state index in [0.717, 1.165) is 5.56 Å². The number of nitriles is 1. The summed E-state index contributed by atoms with van der Waals surface area (Å²) in [4.78, 5) is 11.4. The fraction of sp³-hybridized carbons (Fsp3) is 0.385. The highest BCUT2D eigenvalue weighted by Crippen LogP contribution is 2.23. The molecule has 0 heterocycles. The maximum absolute atomic E-state index is 11.4. The lowest BCUT2D eigenvalue weighted by Crippen LogP contribution is -2.09. The van der Waals surface area contributed by atoms with Gasteiger partial charge in [-0.15, -0.1) is 0 Å². The number of benzene rings is 1. The molecule has 17 heavy (non-hydrogen) atoms. The Balaban J connectivity index is 3.05. The van der Waals surface area contributed by atoms with E-state index < -0.39 is 0 Å². The predicted octanol–water partition coefficient (Wildman–Crippen LogP) is 1.98. The summed E-state index contributed by atoms with van der Waals surface area (Å²) in [6.45, 7) is 3.94. The van der Waals surface area contributed by atoms with Crippen LogP contribution >= 0.6 is 0 Å². The van der Waals surface area contributed by atoms with Crippen LogP contribution < -0.4 is 4.74 Å². The van der Waals surface area contributed by atoms with Gasteiger partial charge in [-0.1, -0.05) is 0 Å². The Hall–Kier alpha value is -2.02. The number of rotatable bonds is 4. The third-order valence-electron chi connectivity index (χ3n) is 2.38. The highest BCUT2D eigenvalue weighted by Gasteiger charge is 2.12. The first kappa shape index (κ1) is 13.0. The van der Waals surface area contributed by atoms with Gasteiger partial charge in [-0.3, -0.25) is 4.79 Å². The van der Waals surface area contributed by atoms with Crippen LogP contribution in [0.3, 0.4) is 0 Å². The van der Waals surface area contributed by atoms with Crippen molar-refractivity contribution in [1.82, 2.24) is 0 Å². The Labute approximate surface area is 101 Å². The van der Waals surface area contributed by atoms with Gasteiger partial charge in [0.25, 0.3) is 0 Å². The molecule has 4 nitrogen and oxygen atoms in total. The largest absolute Gasteiger partial charge is 0.496 e. The van der Waals surface area contributed by atoms with E-state index in [0.29, 0.717) is 23.5 Å². The van der Waals surface area contributed by atoms with Gasteiger partial charge in [0.1, 0.15) is 5.75 Å². The quantitative estimate of drug-likeness (QED) is 0.746. The average Bonchev–Trinajstić information content (AvgIpc) is 2.31. The summed E-state index contributed by atoms with van der Waals surface area (Å²) in [7, 11) is 1.56. The zero-order valence-electron chi connectivity index (χ0n) is 10.2. The van der Waals surface area contributed by atoms with Gasteiger partial charge in [0, 0.05) is 0 Å². The maximum Gasteiger partial charge on any atom is 0.310 e. The summed E-state index contributed by atoms with van der Waals surface area (Å²) in [6, 6.07) is 5.50. The predicted molar refractivity (Wildman–Crippen MR) is 62.8 cm³/mol. The smallest absolute Gasteiger partial charge is 0.310 e. The van der Waals surface area contributed by atoms with Crippen LogP contribution in [0.25, 0.3) is 0 Å². The second-order valence-electron chi connectivity index (χ2n) is 3.57. The lowest BCUT2D eigenvalue weighted by Gasteiger charge is -2.09. The van der Waals surface area contributed by atoms with Crippen LogP contribution in [0.15, 0.2) is 12.1 Å². The van der Waals surface area contributed by atoms with E-state index >= 15 is 0 Å². The van der Waals surface area contributed by atoms with Crippen molar-refractivity contribution in [1.29, 1.82) is 5.26 Å². The summed E-state index contributed by atoms with van der Waals surface area (Å²) in [5.41, 5.74) is 1.99. The summed E-state index contributed by atoms with van der Waals surface area (Å²) in [5, 5.41) is 9.01. The number of methoxy groups -OCH3 is 1. The van der Waals surface area contributed by atoms with Gasteiger partial charge < -0.3 is 9.47 Å². The lowest BCUT2D eigenvalue weighted by molar-refractivity contribution is -0.142. The fourth-order valence-electron chi connectivity index (χ4n) is 1.57. The van der Waals surface area contributed by atoms with Crippen LogP contribution in [0.4, 0.5) is 0 Å². The van der Waals surface area contributed by atoms with Crippen LogP contribution in [0.5, 0.6) is 5.75 Å². The van der Waals surface area contributed by atoms with Gasteiger partial charge in [-0.25, -0.2) is 0 Å². The molecule has 0 aromatic heterocycles. The summed E-state index contributed by atoms with van der Waals surface area (Å²) in [5.74, 6) is 0.332. The molecule has 90 valence electrons. The van der Waals surface area contributed by atoms with Crippen LogP contribution in [0.2, 0.25) is 0 Å². The standard InChI is InChI=1S/C13H15NO3/c1-4-17-13(15)7-10-6-12(16-3)9(2)5-11(10)8-14/h5-6H,4,7H2,1-3H3. The number of carbonyl (C=O) groups is 1. The van der Waals surface area contributed by atoms with E-state index in [1.54, 1.807) is 26.2 Å². The monoisotopic (exact) mass is 233 g/mol. The second-order valence-corrected chi connectivity index (χ2v) is 3.57. The maximum atomic E-state index is 11.4. The topological polar surface area (TPSA) is 59.3 Å². The van der Waals surface area contributed by atoms with Gasteiger partial charge in [-0.05, 0) is 37.1 Å². The molecule has 4 heteroatoms. The molecule has 0 saturated carbocycles. The van der Waals surface area contributed by atoms with Crippen molar-refractivity contribution in [2.24, 2.45) is 0 Å². The number of esters is 1. The minimum atomic E-state index is -0.338. The number of nitrogens with zero attached hydrogens (tertiary/aromatic N) is 1. The number of hydrogen-bond acceptors (Lipinski definition) is 4.